The van der Waals surface area contributed by atoms with E-state index in [-0.39, 0.29) is 6.04 Å². The van der Waals surface area contributed by atoms with Gasteiger partial charge in [-0.05, 0) is 34.9 Å². The van der Waals surface area contributed by atoms with Crippen molar-refractivity contribution < 1.29 is 0 Å². The van der Waals surface area contributed by atoms with E-state index in [1.54, 1.807) is 23.1 Å². The third-order valence-corrected chi connectivity index (χ3v) is 5.41. The summed E-state index contributed by atoms with van der Waals surface area (Å²) in [7, 11) is 0. The van der Waals surface area contributed by atoms with Gasteiger partial charge in [0.05, 0.1) is 11.8 Å². The molecule has 1 aliphatic rings. The average Bonchev–Trinajstić information content (AvgIpc) is 3.02. The van der Waals surface area contributed by atoms with Gasteiger partial charge in [-0.25, -0.2) is 4.99 Å². The number of benzene rings is 1. The van der Waals surface area contributed by atoms with Crippen LogP contribution in [0.15, 0.2) is 56.2 Å². The standard InChI is InChI=1S/C16H15BrN2S2/c1-2-20-16-18-13(11-5-7-12(17)8-6-11)10-14(19-16)15-4-3-9-21-15/h3-9,13H,2,10H2,1H3. The maximum atomic E-state index is 4.81. The van der Waals surface area contributed by atoms with Gasteiger partial charge in [-0.15, -0.1) is 11.3 Å². The Hall–Kier alpha value is -0.910. The molecule has 0 saturated heterocycles. The van der Waals surface area contributed by atoms with Crippen LogP contribution in [0.2, 0.25) is 0 Å². The van der Waals surface area contributed by atoms with Crippen molar-refractivity contribution >= 4 is 49.9 Å². The van der Waals surface area contributed by atoms with E-state index >= 15 is 0 Å². The predicted octanol–water partition coefficient (Wildman–Crippen LogP) is 5.55. The van der Waals surface area contributed by atoms with Gasteiger partial charge in [0.1, 0.15) is 0 Å². The number of hydrogen-bond donors (Lipinski definition) is 0. The van der Waals surface area contributed by atoms with E-state index in [2.05, 4.69) is 64.6 Å². The summed E-state index contributed by atoms with van der Waals surface area (Å²) < 4.78 is 1.10. The van der Waals surface area contributed by atoms with E-state index in [4.69, 9.17) is 9.98 Å². The topological polar surface area (TPSA) is 24.7 Å². The van der Waals surface area contributed by atoms with Gasteiger partial charge in [0.2, 0.25) is 0 Å². The molecule has 0 amide bonds. The van der Waals surface area contributed by atoms with Crippen molar-refractivity contribution in [1.82, 2.24) is 0 Å². The van der Waals surface area contributed by atoms with Gasteiger partial charge in [-0.1, -0.05) is 52.8 Å². The molecule has 1 atom stereocenters. The highest BCUT2D eigenvalue weighted by Crippen LogP contribution is 2.31. The lowest BCUT2D eigenvalue weighted by Gasteiger charge is -2.20. The third kappa shape index (κ3) is 3.65. The highest BCUT2D eigenvalue weighted by molar-refractivity contribution is 9.10. The summed E-state index contributed by atoms with van der Waals surface area (Å²) in [6.45, 7) is 2.14. The van der Waals surface area contributed by atoms with Crippen molar-refractivity contribution in [2.24, 2.45) is 9.98 Å². The maximum Gasteiger partial charge on any atom is 0.183 e. The number of halogens is 1. The van der Waals surface area contributed by atoms with Crippen LogP contribution in [0.3, 0.4) is 0 Å². The lowest BCUT2D eigenvalue weighted by molar-refractivity contribution is 0.758. The van der Waals surface area contributed by atoms with Crippen LogP contribution in [0.1, 0.15) is 29.8 Å². The number of nitrogens with zero attached hydrogens (tertiary/aromatic N) is 2. The van der Waals surface area contributed by atoms with E-state index in [1.165, 1.54) is 10.4 Å². The van der Waals surface area contributed by atoms with Crippen molar-refractivity contribution in [2.75, 3.05) is 5.75 Å². The molecule has 0 fully saturated rings. The average molecular weight is 379 g/mol. The van der Waals surface area contributed by atoms with Gasteiger partial charge in [-0.3, -0.25) is 4.99 Å². The monoisotopic (exact) mass is 378 g/mol. The molecule has 0 N–H and O–H groups in total. The Bertz CT molecular complexity index is 660. The van der Waals surface area contributed by atoms with Gasteiger partial charge in [-0.2, -0.15) is 0 Å². The van der Waals surface area contributed by atoms with Crippen LogP contribution in [0, 0.1) is 0 Å². The lowest BCUT2D eigenvalue weighted by Crippen LogP contribution is -2.14. The summed E-state index contributed by atoms with van der Waals surface area (Å²) in [5.74, 6) is 0.993. The minimum absolute atomic E-state index is 0.168. The van der Waals surface area contributed by atoms with Crippen LogP contribution in [-0.2, 0) is 0 Å². The summed E-state index contributed by atoms with van der Waals surface area (Å²) in [5.41, 5.74) is 2.40. The van der Waals surface area contributed by atoms with E-state index < -0.39 is 0 Å². The van der Waals surface area contributed by atoms with Crippen LogP contribution in [0.25, 0.3) is 0 Å². The van der Waals surface area contributed by atoms with Gasteiger partial charge >= 0.3 is 0 Å². The van der Waals surface area contributed by atoms with Gasteiger partial charge in [0.25, 0.3) is 0 Å². The minimum Gasteiger partial charge on any atom is -0.252 e. The van der Waals surface area contributed by atoms with Crippen LogP contribution in [0.4, 0.5) is 0 Å². The zero-order valence-corrected chi connectivity index (χ0v) is 14.8. The number of aliphatic imine (C=N–C) groups is 2. The zero-order valence-electron chi connectivity index (χ0n) is 11.6. The van der Waals surface area contributed by atoms with Gasteiger partial charge < -0.3 is 0 Å². The summed E-state index contributed by atoms with van der Waals surface area (Å²) in [6, 6.07) is 12.8. The third-order valence-electron chi connectivity index (χ3n) is 3.22. The molecule has 1 aromatic carbocycles. The Morgan fingerprint density at radius 1 is 1.29 bits per heavy atom. The molecule has 21 heavy (non-hydrogen) atoms. The molecule has 0 aliphatic carbocycles. The summed E-state index contributed by atoms with van der Waals surface area (Å²) in [6.07, 6.45) is 0.871. The number of hydrogen-bond acceptors (Lipinski definition) is 4. The van der Waals surface area contributed by atoms with E-state index in [9.17, 15) is 0 Å². The maximum absolute atomic E-state index is 4.81. The number of rotatable bonds is 3. The zero-order chi connectivity index (χ0) is 14.7. The van der Waals surface area contributed by atoms with Crippen molar-refractivity contribution in [3.05, 3.63) is 56.7 Å². The lowest BCUT2D eigenvalue weighted by atomic mass is 10.0. The second kappa shape index (κ2) is 6.90. The summed E-state index contributed by atoms with van der Waals surface area (Å²) in [5, 5.41) is 3.00. The fourth-order valence-corrected chi connectivity index (χ4v) is 3.85. The fraction of sp³-hybridized carbons (Fsp3) is 0.250. The smallest absolute Gasteiger partial charge is 0.183 e. The fourth-order valence-electron chi connectivity index (χ4n) is 2.23. The molecule has 108 valence electrons. The van der Waals surface area contributed by atoms with Crippen LogP contribution in [-0.4, -0.2) is 16.6 Å². The van der Waals surface area contributed by atoms with Crippen molar-refractivity contribution in [3.8, 4) is 0 Å². The first kappa shape index (κ1) is 15.0. The Balaban J connectivity index is 1.92. The van der Waals surface area contributed by atoms with Gasteiger partial charge in [0.15, 0.2) is 5.17 Å². The number of thiophene rings is 1. The van der Waals surface area contributed by atoms with E-state index in [0.29, 0.717) is 0 Å². The summed E-state index contributed by atoms with van der Waals surface area (Å²) >= 11 is 6.95. The molecule has 1 aromatic heterocycles. The van der Waals surface area contributed by atoms with Crippen LogP contribution in [0.5, 0.6) is 0 Å². The Morgan fingerprint density at radius 3 is 2.76 bits per heavy atom. The number of thioether (sulfide) groups is 1. The largest absolute Gasteiger partial charge is 0.252 e. The highest BCUT2D eigenvalue weighted by atomic mass is 79.9. The van der Waals surface area contributed by atoms with Crippen molar-refractivity contribution in [3.63, 3.8) is 0 Å². The molecule has 2 heterocycles. The molecule has 1 unspecified atom stereocenters. The SMILES string of the molecule is CCSC1=NC(c2ccc(Br)cc2)CC(c2cccs2)=N1. The second-order valence-electron chi connectivity index (χ2n) is 4.65. The van der Waals surface area contributed by atoms with Crippen LogP contribution < -0.4 is 0 Å². The molecule has 0 radical (unpaired) electrons. The molecule has 2 nitrogen and oxygen atoms in total. The quantitative estimate of drug-likeness (QED) is 0.686. The van der Waals surface area contributed by atoms with Crippen molar-refractivity contribution in [2.45, 2.75) is 19.4 Å². The second-order valence-corrected chi connectivity index (χ2v) is 7.75. The van der Waals surface area contributed by atoms with Crippen molar-refractivity contribution in [1.29, 1.82) is 0 Å². The molecule has 3 rings (SSSR count). The summed E-state index contributed by atoms with van der Waals surface area (Å²) in [4.78, 5) is 10.8. The minimum atomic E-state index is 0.168. The van der Waals surface area contributed by atoms with E-state index in [0.717, 1.165) is 27.5 Å². The molecular weight excluding hydrogens is 364 g/mol. The predicted molar refractivity (Wildman–Crippen MR) is 97.9 cm³/mol. The molecule has 0 spiro atoms. The Labute approximate surface area is 141 Å². The van der Waals surface area contributed by atoms with Gasteiger partial charge in [0, 0.05) is 15.8 Å². The molecule has 5 heteroatoms. The molecule has 0 saturated carbocycles. The first-order valence-electron chi connectivity index (χ1n) is 6.83. The molecule has 1 aliphatic heterocycles. The Kier molecular flexibility index (Phi) is 4.93. The van der Waals surface area contributed by atoms with Crippen LogP contribution >= 0.6 is 39.0 Å². The normalized spacial score (nSPS) is 18.3. The molecular formula is C16H15BrN2S2. The first-order valence-corrected chi connectivity index (χ1v) is 9.49. The molecule has 0 bridgehead atoms. The number of amidine groups is 1. The van der Waals surface area contributed by atoms with E-state index in [1.807, 2.05) is 0 Å². The highest BCUT2D eigenvalue weighted by Gasteiger charge is 2.21. The molecule has 2 aromatic rings. The Morgan fingerprint density at radius 2 is 2.10 bits per heavy atom. The first-order chi connectivity index (χ1) is 10.3.